The van der Waals surface area contributed by atoms with Gasteiger partial charge in [0.2, 0.25) is 0 Å². The van der Waals surface area contributed by atoms with Crippen molar-refractivity contribution in [3.8, 4) is 0 Å². The molecule has 0 fully saturated rings. The highest BCUT2D eigenvalue weighted by Crippen LogP contribution is 1.67. The van der Waals surface area contributed by atoms with E-state index in [0.717, 1.165) is 0 Å². The van der Waals surface area contributed by atoms with Crippen molar-refractivity contribution >= 4 is 29.5 Å². The maximum Gasteiger partial charge on any atom is 0.394 e. The van der Waals surface area contributed by atoms with Gasteiger partial charge in [0.1, 0.15) is 6.79 Å². The minimum Gasteiger partial charge on any atom is -0.412 e. The van der Waals surface area contributed by atoms with Crippen LogP contribution in [0.2, 0.25) is 0 Å². The maximum absolute atomic E-state index is 8.74. The summed E-state index contributed by atoms with van der Waals surface area (Å²) in [5.74, 6) is 0. The lowest BCUT2D eigenvalue weighted by atomic mass is 11.9. The van der Waals surface area contributed by atoms with E-state index in [9.17, 15) is 0 Å². The van der Waals surface area contributed by atoms with Crippen LogP contribution >= 0.6 is 12.3 Å². The molecule has 80 valence electrons. The van der Waals surface area contributed by atoms with Crippen LogP contribution in [0.15, 0.2) is 0 Å². The van der Waals surface area contributed by atoms with Gasteiger partial charge in [0.15, 0.2) is 12.3 Å². The Labute approximate surface area is 72.6 Å². The molecule has 0 saturated carbocycles. The Kier molecular flexibility index (Phi) is 55.7. The van der Waals surface area contributed by atoms with Crippen molar-refractivity contribution < 1.29 is 42.4 Å². The molecule has 0 spiro atoms. The molecule has 12 heavy (non-hydrogen) atoms. The quantitative estimate of drug-likeness (QED) is 0.275. The topological polar surface area (TPSA) is 195 Å². The van der Waals surface area contributed by atoms with Crippen LogP contribution in [0.3, 0.4) is 0 Å². The number of carbonyl (C=O) groups excluding carboxylic acids is 1. The summed E-state index contributed by atoms with van der Waals surface area (Å²) in [5.41, 5.74) is 0. The third-order valence-corrected chi connectivity index (χ3v) is 0. The Hall–Kier alpha value is -0.270. The zero-order chi connectivity index (χ0) is 9.21. The maximum atomic E-state index is 8.74. The van der Waals surface area contributed by atoms with Crippen molar-refractivity contribution in [2.75, 3.05) is 0 Å². The van der Waals surface area contributed by atoms with Gasteiger partial charge in [-0.05, 0) is 0 Å². The minimum atomic E-state index is -4.67. The smallest absolute Gasteiger partial charge is 0.394 e. The molecule has 0 amide bonds. The normalized spacial score (nSPS) is 6.67. The van der Waals surface area contributed by atoms with Crippen LogP contribution in [0.4, 0.5) is 0 Å². The molecular formula is CH10O9S2. The predicted molar refractivity (Wildman–Crippen MR) is 41.4 cm³/mol. The fourth-order valence-corrected chi connectivity index (χ4v) is 0. The van der Waals surface area contributed by atoms with Crippen molar-refractivity contribution in [2.24, 2.45) is 0 Å². The highest BCUT2D eigenvalue weighted by atomic mass is 32.3. The van der Waals surface area contributed by atoms with Crippen molar-refractivity contribution in [1.29, 1.82) is 0 Å². The van der Waals surface area contributed by atoms with Gasteiger partial charge in [-0.15, -0.1) is 0 Å². The van der Waals surface area contributed by atoms with Crippen molar-refractivity contribution in [1.82, 2.24) is 0 Å². The van der Waals surface area contributed by atoms with Crippen LogP contribution in [-0.4, -0.2) is 44.4 Å². The molecule has 0 aliphatic rings. The molecule has 0 atom stereocenters. The van der Waals surface area contributed by atoms with Crippen LogP contribution in [0.1, 0.15) is 0 Å². The Morgan fingerprint density at radius 1 is 1.00 bits per heavy atom. The van der Waals surface area contributed by atoms with Gasteiger partial charge >= 0.3 is 10.4 Å². The van der Waals surface area contributed by atoms with Gasteiger partial charge in [0.05, 0.1) is 0 Å². The summed E-state index contributed by atoms with van der Waals surface area (Å²) in [5, 5.41) is 0. The van der Waals surface area contributed by atoms with Crippen molar-refractivity contribution in [3.05, 3.63) is 0 Å². The van der Waals surface area contributed by atoms with Crippen LogP contribution < -0.4 is 0 Å². The van der Waals surface area contributed by atoms with Crippen LogP contribution in [0.25, 0.3) is 0 Å². The van der Waals surface area contributed by atoms with E-state index in [2.05, 4.69) is 0 Å². The van der Waals surface area contributed by atoms with Gasteiger partial charge in [-0.3, -0.25) is 9.11 Å². The number of rotatable bonds is 0. The summed E-state index contributed by atoms with van der Waals surface area (Å²) in [6.45, 7) is 2.00. The SMILES string of the molecule is C=O.O.O.O=S(=O)(O)O.OSO. The Balaban J connectivity index is -0.0000000209. The summed E-state index contributed by atoms with van der Waals surface area (Å²) in [6, 6.07) is 0. The van der Waals surface area contributed by atoms with Gasteiger partial charge in [-0.25, -0.2) is 0 Å². The summed E-state index contributed by atoms with van der Waals surface area (Å²) < 4.78 is 45.7. The van der Waals surface area contributed by atoms with Crippen molar-refractivity contribution in [2.45, 2.75) is 0 Å². The highest BCUT2D eigenvalue weighted by Gasteiger charge is 1.84. The van der Waals surface area contributed by atoms with Crippen molar-refractivity contribution in [3.63, 3.8) is 0 Å². The highest BCUT2D eigenvalue weighted by molar-refractivity contribution is 7.87. The van der Waals surface area contributed by atoms with Gasteiger partial charge in [-0.1, -0.05) is 0 Å². The van der Waals surface area contributed by atoms with Gasteiger partial charge in [0.25, 0.3) is 0 Å². The molecule has 0 saturated heterocycles. The molecule has 8 N–H and O–H groups in total. The molecule has 9 nitrogen and oxygen atoms in total. The number of carbonyl (C=O) groups is 1. The largest absolute Gasteiger partial charge is 0.412 e. The summed E-state index contributed by atoms with van der Waals surface area (Å²) >= 11 is -0.250. The first-order valence-electron chi connectivity index (χ1n) is 1.35. The minimum absolute atomic E-state index is 0. The van der Waals surface area contributed by atoms with Gasteiger partial charge < -0.3 is 24.9 Å². The molecule has 0 aromatic carbocycles. The molecule has 0 bridgehead atoms. The van der Waals surface area contributed by atoms with Gasteiger partial charge in [-0.2, -0.15) is 8.42 Å². The zero-order valence-corrected chi connectivity index (χ0v) is 7.17. The monoisotopic (exact) mass is 230 g/mol. The van der Waals surface area contributed by atoms with Crippen LogP contribution in [0.5, 0.6) is 0 Å². The van der Waals surface area contributed by atoms with E-state index in [1.54, 1.807) is 0 Å². The molecule has 0 aromatic heterocycles. The van der Waals surface area contributed by atoms with E-state index in [4.69, 9.17) is 31.4 Å². The van der Waals surface area contributed by atoms with Crippen LogP contribution in [-0.2, 0) is 15.2 Å². The van der Waals surface area contributed by atoms with E-state index in [-0.39, 0.29) is 23.3 Å². The van der Waals surface area contributed by atoms with E-state index < -0.39 is 10.4 Å². The number of hydrogen-bond acceptors (Lipinski definition) is 6. The van der Waals surface area contributed by atoms with Crippen LogP contribution in [0, 0.1) is 0 Å². The zero-order valence-electron chi connectivity index (χ0n) is 5.54. The fraction of sp³-hybridized carbons (Fsp3) is 0. The Morgan fingerprint density at radius 3 is 1.00 bits per heavy atom. The molecule has 0 aromatic rings. The van der Waals surface area contributed by atoms with E-state index in [0.29, 0.717) is 0 Å². The second-order valence-electron chi connectivity index (χ2n) is 0.529. The Bertz CT molecular complexity index is 117. The predicted octanol–water partition coefficient (Wildman–Crippen LogP) is -1.82. The molecule has 0 aliphatic carbocycles. The fourth-order valence-electron chi connectivity index (χ4n) is 0. The lowest BCUT2D eigenvalue weighted by Crippen LogP contribution is -1.89. The van der Waals surface area contributed by atoms with E-state index >= 15 is 0 Å². The second-order valence-corrected chi connectivity index (χ2v) is 1.59. The molecule has 0 heterocycles. The van der Waals surface area contributed by atoms with Gasteiger partial charge in [0, 0.05) is 0 Å². The molecule has 11 heteroatoms. The number of hydrogen-bond donors (Lipinski definition) is 4. The second kappa shape index (κ2) is 22.4. The Morgan fingerprint density at radius 2 is 1.00 bits per heavy atom. The molecule has 0 rings (SSSR count). The summed E-state index contributed by atoms with van der Waals surface area (Å²) in [7, 11) is -4.67. The first kappa shape index (κ1) is 29.8. The lowest BCUT2D eigenvalue weighted by molar-refractivity contribution is -0.0980. The third kappa shape index (κ3) is 10200. The average molecular weight is 230 g/mol. The van der Waals surface area contributed by atoms with E-state index in [1.165, 1.54) is 0 Å². The first-order chi connectivity index (χ1) is 4.41. The molecule has 0 radical (unpaired) electrons. The third-order valence-electron chi connectivity index (χ3n) is 0. The molecule has 0 unspecified atom stereocenters. The molecule has 0 aliphatic heterocycles. The first-order valence-corrected chi connectivity index (χ1v) is 3.48. The standard InChI is InChI=1S/CH2O.H2O4S.H2O2S.2H2O/c1-2;1-5(2,3)4;1-3-2;;/h1H2;(H2,1,2,3,4);1-2H;2*1H2. The average Bonchev–Trinajstić information content (AvgIpc) is 1.68. The lowest BCUT2D eigenvalue weighted by Gasteiger charge is -1.68. The van der Waals surface area contributed by atoms with E-state index in [1.807, 2.05) is 6.79 Å². The summed E-state index contributed by atoms with van der Waals surface area (Å²) in [4.78, 5) is 8.00. The summed E-state index contributed by atoms with van der Waals surface area (Å²) in [6.07, 6.45) is 0. The molecular weight excluding hydrogens is 220 g/mol.